The van der Waals surface area contributed by atoms with Crippen LogP contribution in [0, 0.1) is 5.92 Å². The van der Waals surface area contributed by atoms with Crippen LogP contribution >= 0.6 is 0 Å². The summed E-state index contributed by atoms with van der Waals surface area (Å²) in [4.78, 5) is 12.0. The molecule has 3 N–H and O–H groups in total. The zero-order valence-electron chi connectivity index (χ0n) is 12.3. The average molecular weight is 262 g/mol. The minimum Gasteiger partial charge on any atom is -0.328 e. The lowest BCUT2D eigenvalue weighted by Gasteiger charge is -2.13. The zero-order chi connectivity index (χ0) is 14.3. The van der Waals surface area contributed by atoms with E-state index < -0.39 is 0 Å². The van der Waals surface area contributed by atoms with Crippen molar-refractivity contribution in [2.75, 3.05) is 5.32 Å². The lowest BCUT2D eigenvalue weighted by Crippen LogP contribution is -2.21. The number of hydrogen-bond acceptors (Lipinski definition) is 2. The van der Waals surface area contributed by atoms with Gasteiger partial charge in [-0.15, -0.1) is 0 Å². The number of anilines is 1. The number of amides is 1. The van der Waals surface area contributed by atoms with Gasteiger partial charge in [-0.3, -0.25) is 4.79 Å². The molecule has 1 rings (SSSR count). The second kappa shape index (κ2) is 7.95. The summed E-state index contributed by atoms with van der Waals surface area (Å²) in [5.41, 5.74) is 7.86. The Morgan fingerprint density at radius 1 is 1.21 bits per heavy atom. The van der Waals surface area contributed by atoms with Crippen LogP contribution in [-0.4, -0.2) is 11.9 Å². The molecule has 0 aliphatic carbocycles. The first-order valence-electron chi connectivity index (χ1n) is 7.18. The van der Waals surface area contributed by atoms with Gasteiger partial charge in [-0.05, 0) is 43.9 Å². The van der Waals surface area contributed by atoms with Gasteiger partial charge in [0.2, 0.25) is 5.91 Å². The van der Waals surface area contributed by atoms with Gasteiger partial charge in [0, 0.05) is 17.6 Å². The van der Waals surface area contributed by atoms with E-state index in [1.165, 1.54) is 5.56 Å². The molecule has 1 amide bonds. The van der Waals surface area contributed by atoms with E-state index in [1.54, 1.807) is 0 Å². The first-order valence-corrected chi connectivity index (χ1v) is 7.18. The summed E-state index contributed by atoms with van der Waals surface area (Å²) in [6.45, 7) is 6.09. The Labute approximate surface area is 116 Å². The van der Waals surface area contributed by atoms with Crippen molar-refractivity contribution in [3.05, 3.63) is 29.8 Å². The third-order valence-corrected chi connectivity index (χ3v) is 3.37. The molecule has 0 heterocycles. The third-order valence-electron chi connectivity index (χ3n) is 3.37. The van der Waals surface area contributed by atoms with E-state index in [0.29, 0.717) is 0 Å². The van der Waals surface area contributed by atoms with Crippen molar-refractivity contribution in [3.63, 3.8) is 0 Å². The van der Waals surface area contributed by atoms with Gasteiger partial charge >= 0.3 is 0 Å². The van der Waals surface area contributed by atoms with Gasteiger partial charge in [0.25, 0.3) is 0 Å². The molecule has 0 saturated carbocycles. The Kier molecular flexibility index (Phi) is 6.57. The quantitative estimate of drug-likeness (QED) is 0.792. The lowest BCUT2D eigenvalue weighted by molar-refractivity contribution is -0.119. The first-order chi connectivity index (χ1) is 9.02. The average Bonchev–Trinajstić information content (AvgIpc) is 2.39. The van der Waals surface area contributed by atoms with Crippen LogP contribution in [0.3, 0.4) is 0 Å². The first kappa shape index (κ1) is 15.7. The topological polar surface area (TPSA) is 55.1 Å². The van der Waals surface area contributed by atoms with E-state index in [0.717, 1.165) is 31.4 Å². The monoisotopic (exact) mass is 262 g/mol. The SMILES string of the molecule is CCc1ccc(NC(=O)C(C)CCCC(C)N)cc1. The van der Waals surface area contributed by atoms with Crippen LogP contribution in [0.1, 0.15) is 45.6 Å². The maximum absolute atomic E-state index is 12.0. The number of rotatable bonds is 7. The molecule has 0 aliphatic rings. The second-order valence-electron chi connectivity index (χ2n) is 5.35. The van der Waals surface area contributed by atoms with Crippen molar-refractivity contribution in [2.24, 2.45) is 11.7 Å². The summed E-state index contributed by atoms with van der Waals surface area (Å²) in [6, 6.07) is 8.25. The number of nitrogens with two attached hydrogens (primary N) is 1. The van der Waals surface area contributed by atoms with Crippen LogP contribution in [0.25, 0.3) is 0 Å². The highest BCUT2D eigenvalue weighted by atomic mass is 16.1. The fraction of sp³-hybridized carbons (Fsp3) is 0.562. The molecule has 2 unspecified atom stereocenters. The molecule has 0 fully saturated rings. The Hall–Kier alpha value is -1.35. The Morgan fingerprint density at radius 3 is 2.37 bits per heavy atom. The van der Waals surface area contributed by atoms with Crippen molar-refractivity contribution in [1.82, 2.24) is 0 Å². The molecule has 0 aliphatic heterocycles. The molecular weight excluding hydrogens is 236 g/mol. The highest BCUT2D eigenvalue weighted by molar-refractivity contribution is 5.92. The molecule has 3 heteroatoms. The van der Waals surface area contributed by atoms with Gasteiger partial charge in [0.15, 0.2) is 0 Å². The van der Waals surface area contributed by atoms with Gasteiger partial charge in [-0.1, -0.05) is 32.4 Å². The summed E-state index contributed by atoms with van der Waals surface area (Å²) in [6.07, 6.45) is 3.88. The minimum absolute atomic E-state index is 0.0320. The molecule has 106 valence electrons. The fourth-order valence-corrected chi connectivity index (χ4v) is 1.97. The summed E-state index contributed by atoms with van der Waals surface area (Å²) >= 11 is 0. The molecule has 2 atom stereocenters. The van der Waals surface area contributed by atoms with Crippen molar-refractivity contribution in [1.29, 1.82) is 0 Å². The Balaban J connectivity index is 2.40. The number of carbonyl (C=O) groups is 1. The maximum Gasteiger partial charge on any atom is 0.227 e. The largest absolute Gasteiger partial charge is 0.328 e. The van der Waals surface area contributed by atoms with E-state index in [2.05, 4.69) is 24.4 Å². The third kappa shape index (κ3) is 5.88. The predicted octanol–water partition coefficient (Wildman–Crippen LogP) is 3.34. The van der Waals surface area contributed by atoms with Gasteiger partial charge < -0.3 is 11.1 Å². The molecule has 0 saturated heterocycles. The number of hydrogen-bond donors (Lipinski definition) is 2. The van der Waals surface area contributed by atoms with Crippen molar-refractivity contribution in [2.45, 2.75) is 52.5 Å². The van der Waals surface area contributed by atoms with Crippen LogP contribution in [-0.2, 0) is 11.2 Å². The lowest BCUT2D eigenvalue weighted by atomic mass is 10.0. The molecule has 0 radical (unpaired) electrons. The van der Waals surface area contributed by atoms with Crippen LogP contribution in [0.2, 0.25) is 0 Å². The molecule has 0 aromatic heterocycles. The van der Waals surface area contributed by atoms with Gasteiger partial charge in [-0.2, -0.15) is 0 Å². The highest BCUT2D eigenvalue weighted by Crippen LogP contribution is 2.14. The molecule has 0 bridgehead atoms. The van der Waals surface area contributed by atoms with Gasteiger partial charge in [-0.25, -0.2) is 0 Å². The van der Waals surface area contributed by atoms with Gasteiger partial charge in [0.05, 0.1) is 0 Å². The van der Waals surface area contributed by atoms with Crippen molar-refractivity contribution >= 4 is 11.6 Å². The highest BCUT2D eigenvalue weighted by Gasteiger charge is 2.12. The molecule has 1 aromatic rings. The standard InChI is InChI=1S/C16H26N2O/c1-4-14-8-10-15(11-9-14)18-16(19)12(2)6-5-7-13(3)17/h8-13H,4-7,17H2,1-3H3,(H,18,19). The van der Waals surface area contributed by atoms with E-state index in [-0.39, 0.29) is 17.9 Å². The number of aryl methyl sites for hydroxylation is 1. The van der Waals surface area contributed by atoms with Crippen LogP contribution in [0.5, 0.6) is 0 Å². The number of benzene rings is 1. The van der Waals surface area contributed by atoms with E-state index in [1.807, 2.05) is 26.0 Å². The molecular formula is C16H26N2O. The Morgan fingerprint density at radius 2 is 1.84 bits per heavy atom. The molecule has 3 nitrogen and oxygen atoms in total. The van der Waals surface area contributed by atoms with E-state index in [9.17, 15) is 4.79 Å². The summed E-state index contributed by atoms with van der Waals surface area (Å²) in [5.74, 6) is 0.124. The summed E-state index contributed by atoms with van der Waals surface area (Å²) in [5, 5.41) is 2.96. The number of carbonyl (C=O) groups excluding carboxylic acids is 1. The predicted molar refractivity (Wildman–Crippen MR) is 81.1 cm³/mol. The van der Waals surface area contributed by atoms with Crippen LogP contribution in [0.15, 0.2) is 24.3 Å². The normalized spacial score (nSPS) is 13.9. The second-order valence-corrected chi connectivity index (χ2v) is 5.35. The molecule has 1 aromatic carbocycles. The summed E-state index contributed by atoms with van der Waals surface area (Å²) < 4.78 is 0. The summed E-state index contributed by atoms with van der Waals surface area (Å²) in [7, 11) is 0. The van der Waals surface area contributed by atoms with E-state index in [4.69, 9.17) is 5.73 Å². The molecule has 19 heavy (non-hydrogen) atoms. The van der Waals surface area contributed by atoms with Crippen LogP contribution < -0.4 is 11.1 Å². The maximum atomic E-state index is 12.0. The van der Waals surface area contributed by atoms with Crippen LogP contribution in [0.4, 0.5) is 5.69 Å². The van der Waals surface area contributed by atoms with E-state index >= 15 is 0 Å². The van der Waals surface area contributed by atoms with Crippen molar-refractivity contribution < 1.29 is 4.79 Å². The zero-order valence-corrected chi connectivity index (χ0v) is 12.3. The smallest absolute Gasteiger partial charge is 0.227 e. The fourth-order valence-electron chi connectivity index (χ4n) is 1.97. The van der Waals surface area contributed by atoms with Crippen molar-refractivity contribution in [3.8, 4) is 0 Å². The minimum atomic E-state index is 0.0320. The van der Waals surface area contributed by atoms with Gasteiger partial charge in [0.1, 0.15) is 0 Å². The molecule has 0 spiro atoms. The number of nitrogens with one attached hydrogen (secondary N) is 1. The Bertz CT molecular complexity index is 384.